The molecule has 2 aliphatic rings. The van der Waals surface area contributed by atoms with Gasteiger partial charge >= 0.3 is 0 Å². The Balaban J connectivity index is 1.67. The number of anilines is 1. The van der Waals surface area contributed by atoms with E-state index in [1.165, 1.54) is 18.8 Å². The molecular weight excluding hydrogens is 232 g/mol. The molecule has 2 fully saturated rings. The van der Waals surface area contributed by atoms with Crippen LogP contribution in [0.25, 0.3) is 0 Å². The molecule has 1 aromatic rings. The zero-order valence-corrected chi connectivity index (χ0v) is 11.4. The minimum absolute atomic E-state index is 0.472. The zero-order chi connectivity index (χ0) is 12.2. The van der Waals surface area contributed by atoms with Gasteiger partial charge in [-0.1, -0.05) is 32.4 Å². The first-order valence-corrected chi connectivity index (χ1v) is 6.71. The molecule has 1 aromatic heterocycles. The van der Waals surface area contributed by atoms with Crippen molar-refractivity contribution in [2.75, 3.05) is 18.0 Å². The molecule has 0 spiro atoms. The molecule has 3 rings (SSSR count). The summed E-state index contributed by atoms with van der Waals surface area (Å²) in [5.41, 5.74) is 1.69. The van der Waals surface area contributed by atoms with Crippen molar-refractivity contribution in [1.82, 2.24) is 4.98 Å². The Morgan fingerprint density at radius 2 is 1.88 bits per heavy atom. The molecule has 1 saturated carbocycles. The highest BCUT2D eigenvalue weighted by atomic mass is 35.5. The van der Waals surface area contributed by atoms with Crippen LogP contribution in [-0.2, 0) is 0 Å². The third kappa shape index (κ3) is 1.93. The molecule has 92 valence electrons. The Labute approximate surface area is 108 Å². The molecule has 0 aromatic carbocycles. The summed E-state index contributed by atoms with van der Waals surface area (Å²) in [6, 6.07) is 3.95. The number of piperidine rings is 1. The van der Waals surface area contributed by atoms with Crippen molar-refractivity contribution < 1.29 is 0 Å². The Morgan fingerprint density at radius 3 is 2.35 bits per heavy atom. The largest absolute Gasteiger partial charge is 0.370 e. The third-order valence-electron chi connectivity index (χ3n) is 4.27. The second-order valence-electron chi connectivity index (χ2n) is 6.46. The maximum absolute atomic E-state index is 5.81. The molecule has 0 bridgehead atoms. The van der Waals surface area contributed by atoms with Crippen molar-refractivity contribution in [3.8, 4) is 0 Å². The van der Waals surface area contributed by atoms with Crippen molar-refractivity contribution in [1.29, 1.82) is 0 Å². The molecule has 0 radical (unpaired) electrons. The predicted molar refractivity (Wildman–Crippen MR) is 71.4 cm³/mol. The maximum atomic E-state index is 5.81. The van der Waals surface area contributed by atoms with Gasteiger partial charge in [-0.05, 0) is 35.3 Å². The Hall–Kier alpha value is -0.760. The Morgan fingerprint density at radius 1 is 1.24 bits per heavy atom. The minimum Gasteiger partial charge on any atom is -0.370 e. The summed E-state index contributed by atoms with van der Waals surface area (Å²) < 4.78 is 0. The first kappa shape index (κ1) is 11.3. The standard InChI is InChI=1S/C14H19ClN2/c1-14(2,3)13-10-7-17(8-11(10)13)9-4-5-12(15)16-6-9/h4-6,10-11,13H,7-8H2,1-3H3. The summed E-state index contributed by atoms with van der Waals surface area (Å²) in [5.74, 6) is 2.70. The number of hydrogen-bond donors (Lipinski definition) is 0. The number of aromatic nitrogens is 1. The van der Waals surface area contributed by atoms with Crippen molar-refractivity contribution in [2.24, 2.45) is 23.2 Å². The summed E-state index contributed by atoms with van der Waals surface area (Å²) in [6.07, 6.45) is 1.89. The van der Waals surface area contributed by atoms with Gasteiger partial charge in [0.05, 0.1) is 11.9 Å². The summed E-state index contributed by atoms with van der Waals surface area (Å²) in [6.45, 7) is 9.48. The second-order valence-corrected chi connectivity index (χ2v) is 6.85. The molecule has 1 saturated heterocycles. The van der Waals surface area contributed by atoms with Crippen LogP contribution in [0, 0.1) is 23.2 Å². The van der Waals surface area contributed by atoms with Crippen LogP contribution in [0.15, 0.2) is 18.3 Å². The van der Waals surface area contributed by atoms with E-state index >= 15 is 0 Å². The van der Waals surface area contributed by atoms with Crippen molar-refractivity contribution in [2.45, 2.75) is 20.8 Å². The van der Waals surface area contributed by atoms with Crippen LogP contribution in [0.2, 0.25) is 5.15 Å². The van der Waals surface area contributed by atoms with Gasteiger partial charge in [-0.15, -0.1) is 0 Å². The molecule has 17 heavy (non-hydrogen) atoms. The average molecular weight is 251 g/mol. The molecule has 0 amide bonds. The number of pyridine rings is 1. The van der Waals surface area contributed by atoms with Gasteiger partial charge in [-0.25, -0.2) is 4.98 Å². The monoisotopic (exact) mass is 250 g/mol. The molecule has 1 aliphatic carbocycles. The molecule has 2 heterocycles. The molecule has 2 atom stereocenters. The van der Waals surface area contributed by atoms with E-state index in [-0.39, 0.29) is 0 Å². The van der Waals surface area contributed by atoms with Gasteiger partial charge in [-0.3, -0.25) is 0 Å². The predicted octanol–water partition coefficient (Wildman–Crippen LogP) is 3.46. The van der Waals surface area contributed by atoms with Crippen LogP contribution in [0.1, 0.15) is 20.8 Å². The highest BCUT2D eigenvalue weighted by Gasteiger charge is 2.59. The number of nitrogens with zero attached hydrogens (tertiary/aromatic N) is 2. The molecule has 3 heteroatoms. The van der Waals surface area contributed by atoms with Crippen LogP contribution in [0.5, 0.6) is 0 Å². The lowest BCUT2D eigenvalue weighted by Gasteiger charge is -2.26. The normalized spacial score (nSPS) is 31.5. The van der Waals surface area contributed by atoms with Crippen molar-refractivity contribution in [3.05, 3.63) is 23.5 Å². The van der Waals surface area contributed by atoms with Crippen LogP contribution in [0.4, 0.5) is 5.69 Å². The van der Waals surface area contributed by atoms with E-state index in [2.05, 4.69) is 36.7 Å². The van der Waals surface area contributed by atoms with Crippen molar-refractivity contribution in [3.63, 3.8) is 0 Å². The highest BCUT2D eigenvalue weighted by Crippen LogP contribution is 2.60. The van der Waals surface area contributed by atoms with Crippen molar-refractivity contribution >= 4 is 17.3 Å². The van der Waals surface area contributed by atoms with E-state index in [0.717, 1.165) is 17.8 Å². The smallest absolute Gasteiger partial charge is 0.129 e. The molecule has 0 N–H and O–H groups in total. The summed E-state index contributed by atoms with van der Waals surface area (Å²) >= 11 is 5.81. The fourth-order valence-corrected chi connectivity index (χ4v) is 3.69. The van der Waals surface area contributed by atoms with Gasteiger partial charge in [0.25, 0.3) is 0 Å². The first-order valence-electron chi connectivity index (χ1n) is 6.33. The van der Waals surface area contributed by atoms with Gasteiger partial charge in [0, 0.05) is 13.1 Å². The fraction of sp³-hybridized carbons (Fsp3) is 0.643. The lowest BCUT2D eigenvalue weighted by molar-refractivity contribution is 0.309. The van der Waals surface area contributed by atoms with E-state index in [0.29, 0.717) is 10.6 Å². The molecule has 1 aliphatic heterocycles. The Bertz CT molecular complexity index is 409. The van der Waals surface area contributed by atoms with Crippen LogP contribution in [-0.4, -0.2) is 18.1 Å². The molecule has 2 unspecified atom stereocenters. The van der Waals surface area contributed by atoms with E-state index in [4.69, 9.17) is 11.6 Å². The first-order chi connectivity index (χ1) is 7.97. The molecule has 2 nitrogen and oxygen atoms in total. The van der Waals surface area contributed by atoms with Crippen LogP contribution >= 0.6 is 11.6 Å². The lowest BCUT2D eigenvalue weighted by Crippen LogP contribution is -2.27. The zero-order valence-electron chi connectivity index (χ0n) is 10.7. The maximum Gasteiger partial charge on any atom is 0.129 e. The van der Waals surface area contributed by atoms with E-state index in [1.54, 1.807) is 0 Å². The average Bonchev–Trinajstić information content (AvgIpc) is 2.78. The summed E-state index contributed by atoms with van der Waals surface area (Å²) in [5, 5.41) is 0.575. The number of hydrogen-bond acceptors (Lipinski definition) is 2. The van der Waals surface area contributed by atoms with Gasteiger partial charge in [0.2, 0.25) is 0 Å². The van der Waals surface area contributed by atoms with Gasteiger partial charge in [0.15, 0.2) is 0 Å². The minimum atomic E-state index is 0.472. The number of fused-ring (bicyclic) bond motifs is 1. The van der Waals surface area contributed by atoms with Crippen LogP contribution in [0.3, 0.4) is 0 Å². The van der Waals surface area contributed by atoms with E-state index in [9.17, 15) is 0 Å². The van der Waals surface area contributed by atoms with E-state index < -0.39 is 0 Å². The lowest BCUT2D eigenvalue weighted by atomic mass is 9.87. The topological polar surface area (TPSA) is 16.1 Å². The quantitative estimate of drug-likeness (QED) is 0.710. The van der Waals surface area contributed by atoms with Gasteiger partial charge in [-0.2, -0.15) is 0 Å². The van der Waals surface area contributed by atoms with Crippen LogP contribution < -0.4 is 4.90 Å². The van der Waals surface area contributed by atoms with Gasteiger partial charge in [0.1, 0.15) is 5.15 Å². The Kier molecular flexibility index (Phi) is 2.41. The molecular formula is C14H19ClN2. The van der Waals surface area contributed by atoms with Gasteiger partial charge < -0.3 is 4.90 Å². The number of halogens is 1. The third-order valence-corrected chi connectivity index (χ3v) is 4.49. The second kappa shape index (κ2) is 3.61. The SMILES string of the molecule is CC(C)(C)C1C2CN(c3ccc(Cl)nc3)CC21. The van der Waals surface area contributed by atoms with E-state index in [1.807, 2.05) is 12.3 Å². The number of rotatable bonds is 1. The fourth-order valence-electron chi connectivity index (χ4n) is 3.58. The summed E-state index contributed by atoms with van der Waals surface area (Å²) in [4.78, 5) is 6.60. The summed E-state index contributed by atoms with van der Waals surface area (Å²) in [7, 11) is 0. The highest BCUT2D eigenvalue weighted by molar-refractivity contribution is 6.29.